The van der Waals surface area contributed by atoms with Gasteiger partial charge in [-0.15, -0.1) is 0 Å². The van der Waals surface area contributed by atoms with E-state index in [9.17, 15) is 9.59 Å². The van der Waals surface area contributed by atoms with Crippen LogP contribution >= 0.6 is 0 Å². The molecule has 1 aliphatic heterocycles. The molecule has 1 saturated heterocycles. The molecule has 6 heteroatoms. The van der Waals surface area contributed by atoms with Gasteiger partial charge < -0.3 is 19.5 Å². The molecule has 1 N–H and O–H groups in total. The average Bonchev–Trinajstić information content (AvgIpc) is 3.17. The number of hydrogen-bond donors (Lipinski definition) is 1. The average molecular weight is 315 g/mol. The first-order chi connectivity index (χ1) is 11.0. The van der Waals surface area contributed by atoms with Crippen molar-refractivity contribution >= 4 is 28.4 Å². The highest BCUT2D eigenvalue weighted by molar-refractivity contribution is 5.95. The number of hydrogen-bond acceptors (Lipinski definition) is 3. The summed E-state index contributed by atoms with van der Waals surface area (Å²) in [7, 11) is 3.49. The van der Waals surface area contributed by atoms with Crippen molar-refractivity contribution in [3.05, 3.63) is 30.5 Å². The minimum Gasteiger partial charge on any atom is -0.381 e. The van der Waals surface area contributed by atoms with E-state index in [0.29, 0.717) is 19.8 Å². The zero-order valence-electron chi connectivity index (χ0n) is 13.4. The zero-order chi connectivity index (χ0) is 16.4. The second-order valence-electron chi connectivity index (χ2n) is 6.06. The van der Waals surface area contributed by atoms with Gasteiger partial charge in [0.05, 0.1) is 12.5 Å². The summed E-state index contributed by atoms with van der Waals surface area (Å²) < 4.78 is 7.16. The van der Waals surface area contributed by atoms with Crippen LogP contribution in [0.5, 0.6) is 0 Å². The molecule has 0 spiro atoms. The van der Waals surface area contributed by atoms with Crippen LogP contribution < -0.4 is 5.32 Å². The van der Waals surface area contributed by atoms with E-state index >= 15 is 0 Å². The number of rotatable bonds is 4. The minimum atomic E-state index is -0.0620. The smallest absolute Gasteiger partial charge is 0.241 e. The summed E-state index contributed by atoms with van der Waals surface area (Å²) >= 11 is 0. The van der Waals surface area contributed by atoms with E-state index in [-0.39, 0.29) is 17.7 Å². The molecule has 6 nitrogen and oxygen atoms in total. The van der Waals surface area contributed by atoms with Gasteiger partial charge in [0.25, 0.3) is 0 Å². The third-order valence-corrected chi connectivity index (χ3v) is 4.14. The molecule has 0 aliphatic carbocycles. The van der Waals surface area contributed by atoms with E-state index in [1.165, 1.54) is 0 Å². The van der Waals surface area contributed by atoms with Gasteiger partial charge in [0, 0.05) is 43.5 Å². The standard InChI is InChI=1S/C17H21N3O3/c1-19(2)16(21)10-20-7-5-12-9-14(3-4-15(12)20)18-17(22)13-6-8-23-11-13/h3-5,7,9,13H,6,8,10-11H2,1-2H3,(H,18,22)/t13-/m1/s1. The number of amides is 2. The molecule has 0 bridgehead atoms. The molecule has 0 saturated carbocycles. The first-order valence-corrected chi connectivity index (χ1v) is 7.72. The van der Waals surface area contributed by atoms with Crippen LogP contribution in [0, 0.1) is 5.92 Å². The molecule has 2 amide bonds. The van der Waals surface area contributed by atoms with Crippen LogP contribution in [0.15, 0.2) is 30.5 Å². The molecule has 3 rings (SSSR count). The lowest BCUT2D eigenvalue weighted by molar-refractivity contribution is -0.129. The summed E-state index contributed by atoms with van der Waals surface area (Å²) in [4.78, 5) is 25.6. The highest BCUT2D eigenvalue weighted by Gasteiger charge is 2.23. The van der Waals surface area contributed by atoms with Crippen LogP contribution in [0.3, 0.4) is 0 Å². The predicted octanol–water partition coefficient (Wildman–Crippen LogP) is 1.70. The van der Waals surface area contributed by atoms with Crippen LogP contribution in [0.2, 0.25) is 0 Å². The SMILES string of the molecule is CN(C)C(=O)Cn1ccc2cc(NC(=O)[C@@H]3CCOC3)ccc21. The van der Waals surface area contributed by atoms with Crippen LogP contribution in [-0.4, -0.2) is 48.6 Å². The Kier molecular flexibility index (Phi) is 4.34. The Morgan fingerprint density at radius 3 is 2.87 bits per heavy atom. The van der Waals surface area contributed by atoms with Gasteiger partial charge in [-0.2, -0.15) is 0 Å². The molecule has 0 unspecified atom stereocenters. The van der Waals surface area contributed by atoms with Crippen molar-refractivity contribution in [2.24, 2.45) is 5.92 Å². The number of carbonyl (C=O) groups excluding carboxylic acids is 2. The third kappa shape index (κ3) is 3.37. The molecule has 2 aromatic rings. The lowest BCUT2D eigenvalue weighted by Crippen LogP contribution is -2.25. The lowest BCUT2D eigenvalue weighted by Gasteiger charge is -2.12. The summed E-state index contributed by atoms with van der Waals surface area (Å²) in [6, 6.07) is 7.68. The summed E-state index contributed by atoms with van der Waals surface area (Å²) in [6.07, 6.45) is 2.67. The zero-order valence-corrected chi connectivity index (χ0v) is 13.4. The Labute approximate surface area is 135 Å². The van der Waals surface area contributed by atoms with Crippen molar-refractivity contribution in [2.45, 2.75) is 13.0 Å². The Bertz CT molecular complexity index is 730. The van der Waals surface area contributed by atoms with Gasteiger partial charge in [-0.1, -0.05) is 0 Å². The predicted molar refractivity (Wildman–Crippen MR) is 88.2 cm³/mol. The Morgan fingerprint density at radius 2 is 2.17 bits per heavy atom. The lowest BCUT2D eigenvalue weighted by atomic mass is 10.1. The highest BCUT2D eigenvalue weighted by atomic mass is 16.5. The van der Waals surface area contributed by atoms with Crippen molar-refractivity contribution in [2.75, 3.05) is 32.6 Å². The number of ether oxygens (including phenoxy) is 1. The molecular weight excluding hydrogens is 294 g/mol. The van der Waals surface area contributed by atoms with E-state index in [0.717, 1.165) is 23.0 Å². The van der Waals surface area contributed by atoms with E-state index in [1.54, 1.807) is 19.0 Å². The number of nitrogens with zero attached hydrogens (tertiary/aromatic N) is 2. The minimum absolute atomic E-state index is 0.00377. The van der Waals surface area contributed by atoms with Gasteiger partial charge in [-0.25, -0.2) is 0 Å². The Morgan fingerprint density at radius 1 is 1.35 bits per heavy atom. The number of likely N-dealkylation sites (N-methyl/N-ethyl adjacent to an activating group) is 1. The summed E-state index contributed by atoms with van der Waals surface area (Å²) in [5.74, 6) is -0.0156. The van der Waals surface area contributed by atoms with Crippen molar-refractivity contribution in [1.82, 2.24) is 9.47 Å². The maximum Gasteiger partial charge on any atom is 0.241 e. The fourth-order valence-electron chi connectivity index (χ4n) is 2.69. The second kappa shape index (κ2) is 6.42. The van der Waals surface area contributed by atoms with Crippen molar-refractivity contribution in [3.8, 4) is 0 Å². The summed E-state index contributed by atoms with van der Waals surface area (Å²) in [5.41, 5.74) is 1.74. The number of aromatic nitrogens is 1. The fraction of sp³-hybridized carbons (Fsp3) is 0.412. The van der Waals surface area contributed by atoms with Crippen LogP contribution in [-0.2, 0) is 20.9 Å². The highest BCUT2D eigenvalue weighted by Crippen LogP contribution is 2.22. The van der Waals surface area contributed by atoms with Gasteiger partial charge in [-0.05, 0) is 30.7 Å². The molecule has 1 aromatic heterocycles. The van der Waals surface area contributed by atoms with Gasteiger partial charge in [0.15, 0.2) is 0 Å². The molecular formula is C17H21N3O3. The van der Waals surface area contributed by atoms with Gasteiger partial charge in [0.2, 0.25) is 11.8 Å². The van der Waals surface area contributed by atoms with E-state index < -0.39 is 0 Å². The van der Waals surface area contributed by atoms with Gasteiger partial charge >= 0.3 is 0 Å². The largest absolute Gasteiger partial charge is 0.381 e. The van der Waals surface area contributed by atoms with Crippen LogP contribution in [0.4, 0.5) is 5.69 Å². The van der Waals surface area contributed by atoms with Crippen molar-refractivity contribution < 1.29 is 14.3 Å². The first kappa shape index (κ1) is 15.6. The molecule has 0 radical (unpaired) electrons. The Hall–Kier alpha value is -2.34. The molecule has 1 aromatic carbocycles. The number of benzene rings is 1. The molecule has 2 heterocycles. The third-order valence-electron chi connectivity index (χ3n) is 4.14. The quantitative estimate of drug-likeness (QED) is 0.934. The number of fused-ring (bicyclic) bond motifs is 1. The van der Waals surface area contributed by atoms with E-state index in [2.05, 4.69) is 5.32 Å². The Balaban J connectivity index is 1.75. The number of nitrogens with one attached hydrogen (secondary N) is 1. The number of anilines is 1. The van der Waals surface area contributed by atoms with E-state index in [1.807, 2.05) is 35.0 Å². The molecule has 1 aliphatic rings. The summed E-state index contributed by atoms with van der Waals surface area (Å²) in [5, 5.41) is 3.94. The molecule has 1 fully saturated rings. The van der Waals surface area contributed by atoms with Crippen molar-refractivity contribution in [1.29, 1.82) is 0 Å². The summed E-state index contributed by atoms with van der Waals surface area (Å²) in [6.45, 7) is 1.46. The van der Waals surface area contributed by atoms with E-state index in [4.69, 9.17) is 4.74 Å². The first-order valence-electron chi connectivity index (χ1n) is 7.72. The van der Waals surface area contributed by atoms with Crippen molar-refractivity contribution in [3.63, 3.8) is 0 Å². The molecule has 122 valence electrons. The normalized spacial score (nSPS) is 17.4. The van der Waals surface area contributed by atoms with Crippen LogP contribution in [0.1, 0.15) is 6.42 Å². The second-order valence-corrected chi connectivity index (χ2v) is 6.06. The van der Waals surface area contributed by atoms with Gasteiger partial charge in [0.1, 0.15) is 6.54 Å². The topological polar surface area (TPSA) is 63.6 Å². The maximum absolute atomic E-state index is 12.1. The van der Waals surface area contributed by atoms with Gasteiger partial charge in [-0.3, -0.25) is 9.59 Å². The van der Waals surface area contributed by atoms with Crippen LogP contribution in [0.25, 0.3) is 10.9 Å². The maximum atomic E-state index is 12.1. The number of carbonyl (C=O) groups is 2. The monoisotopic (exact) mass is 315 g/mol. The fourth-order valence-corrected chi connectivity index (χ4v) is 2.69. The molecule has 1 atom stereocenters. The molecule has 23 heavy (non-hydrogen) atoms.